The van der Waals surface area contributed by atoms with Gasteiger partial charge in [-0.25, -0.2) is 13.8 Å². The third-order valence-electron chi connectivity index (χ3n) is 4.96. The van der Waals surface area contributed by atoms with E-state index in [1.54, 1.807) is 6.07 Å². The number of pyridine rings is 1. The minimum atomic E-state index is -1.50. The summed E-state index contributed by atoms with van der Waals surface area (Å²) in [5.41, 5.74) is 3.75. The fourth-order valence-electron chi connectivity index (χ4n) is 3.11. The van der Waals surface area contributed by atoms with Gasteiger partial charge in [0.15, 0.2) is 6.10 Å². The van der Waals surface area contributed by atoms with Crippen molar-refractivity contribution in [2.75, 3.05) is 19.4 Å². The van der Waals surface area contributed by atoms with Crippen LogP contribution in [0.1, 0.15) is 41.6 Å². The topological polar surface area (TPSA) is 129 Å². The molecule has 8 nitrogen and oxygen atoms in total. The second-order valence-electron chi connectivity index (χ2n) is 8.30. The van der Waals surface area contributed by atoms with Crippen LogP contribution in [0.25, 0.3) is 10.4 Å². The van der Waals surface area contributed by atoms with Gasteiger partial charge in [-0.1, -0.05) is 6.07 Å². The zero-order chi connectivity index (χ0) is 25.4. The Kier molecular flexibility index (Phi) is 7.01. The molecule has 0 fully saturated rings. The molecule has 3 rings (SSSR count). The van der Waals surface area contributed by atoms with E-state index in [9.17, 15) is 28.6 Å². The summed E-state index contributed by atoms with van der Waals surface area (Å²) >= 11 is 0.871. The molecule has 1 aromatic carbocycles. The normalized spacial score (nSPS) is 12.4. The predicted octanol–water partition coefficient (Wildman–Crippen LogP) is 3.28. The number of aromatic nitrogens is 1. The molecule has 5 N–H and O–H groups in total. The van der Waals surface area contributed by atoms with Crippen LogP contribution in [-0.4, -0.2) is 46.0 Å². The number of nitrogens with zero attached hydrogens (tertiary/aromatic N) is 2. The number of primary amides is 1. The van der Waals surface area contributed by atoms with Crippen molar-refractivity contribution in [3.05, 3.63) is 64.9 Å². The molecule has 1 unspecified atom stereocenters. The number of benzene rings is 1. The van der Waals surface area contributed by atoms with Gasteiger partial charge in [-0.05, 0) is 49.7 Å². The number of nitrogens with two attached hydrogens (primary N) is 1. The Hall–Kier alpha value is -3.41. The number of thiophene rings is 1. The monoisotopic (exact) mass is 490 g/mol. The molecule has 0 saturated carbocycles. The summed E-state index contributed by atoms with van der Waals surface area (Å²) in [6.07, 6.45) is -1.50. The van der Waals surface area contributed by atoms with Gasteiger partial charge in [0.05, 0.1) is 22.4 Å². The molecule has 2 heterocycles. The molecule has 0 saturated heterocycles. The van der Waals surface area contributed by atoms with E-state index >= 15 is 0 Å². The first-order chi connectivity index (χ1) is 15.8. The number of aliphatic hydroxyl groups excluding tert-OH is 1. The van der Waals surface area contributed by atoms with Gasteiger partial charge in [-0.2, -0.15) is 0 Å². The van der Waals surface area contributed by atoms with Crippen LogP contribution in [0, 0.1) is 11.6 Å². The second-order valence-corrected chi connectivity index (χ2v) is 9.35. The van der Waals surface area contributed by atoms with Crippen molar-refractivity contribution < 1.29 is 28.6 Å². The van der Waals surface area contributed by atoms with Gasteiger partial charge in [0.25, 0.3) is 11.8 Å². The molecular weight excluding hydrogens is 466 g/mol. The Morgan fingerprint density at radius 1 is 1.18 bits per heavy atom. The molecule has 2 aromatic heterocycles. The van der Waals surface area contributed by atoms with Crippen LogP contribution in [0.2, 0.25) is 0 Å². The summed E-state index contributed by atoms with van der Waals surface area (Å²) in [5, 5.41) is 23.3. The standard InChI is InChI=1S/C23H24F2N4O4S/c1-23(2,33)11-8-13(24)18(14(25)9-11)16-10-12(20(26)31)21(34-16)28-17-7-5-6-15(27-17)19(30)22(32)29(3)4/h5-10,19,30,33H,1-4H3,(H2,26,31)(H,27,28). The number of aliphatic hydroxyl groups is 2. The molecule has 2 amide bonds. The van der Waals surface area contributed by atoms with Crippen LogP contribution >= 0.6 is 11.3 Å². The molecule has 0 aliphatic rings. The first-order valence-corrected chi connectivity index (χ1v) is 10.9. The summed E-state index contributed by atoms with van der Waals surface area (Å²) in [6.45, 7) is 2.81. The number of hydrogen-bond donors (Lipinski definition) is 4. The van der Waals surface area contributed by atoms with Crippen LogP contribution in [0.3, 0.4) is 0 Å². The van der Waals surface area contributed by atoms with Crippen molar-refractivity contribution in [3.63, 3.8) is 0 Å². The molecule has 0 spiro atoms. The number of carbonyl (C=O) groups is 2. The van der Waals surface area contributed by atoms with E-state index in [1.165, 1.54) is 51.0 Å². The van der Waals surface area contributed by atoms with Gasteiger partial charge in [0.2, 0.25) is 0 Å². The SMILES string of the molecule is CN(C)C(=O)C(O)c1cccc(Nc2sc(-c3c(F)cc(C(C)(C)O)cc3F)cc2C(N)=O)n1. The van der Waals surface area contributed by atoms with E-state index < -0.39 is 35.2 Å². The number of likely N-dealkylation sites (N-methyl/N-ethyl adjacent to an activating group) is 1. The highest BCUT2D eigenvalue weighted by atomic mass is 32.1. The number of rotatable bonds is 7. The zero-order valence-corrected chi connectivity index (χ0v) is 19.7. The lowest BCUT2D eigenvalue weighted by molar-refractivity contribution is -0.138. The van der Waals surface area contributed by atoms with Gasteiger partial charge >= 0.3 is 0 Å². The van der Waals surface area contributed by atoms with E-state index in [1.807, 2.05) is 0 Å². The lowest BCUT2D eigenvalue weighted by Gasteiger charge is -2.18. The van der Waals surface area contributed by atoms with Crippen molar-refractivity contribution in [1.82, 2.24) is 9.88 Å². The fraction of sp³-hybridized carbons (Fsp3) is 0.261. The maximum atomic E-state index is 14.8. The van der Waals surface area contributed by atoms with Crippen LogP contribution in [-0.2, 0) is 10.4 Å². The van der Waals surface area contributed by atoms with Crippen LogP contribution in [0.4, 0.5) is 19.6 Å². The Morgan fingerprint density at radius 3 is 2.32 bits per heavy atom. The van der Waals surface area contributed by atoms with Crippen molar-refractivity contribution in [3.8, 4) is 10.4 Å². The van der Waals surface area contributed by atoms with Gasteiger partial charge in [0, 0.05) is 19.0 Å². The largest absolute Gasteiger partial charge is 0.386 e. The molecule has 0 bridgehead atoms. The highest BCUT2D eigenvalue weighted by Crippen LogP contribution is 2.40. The Balaban J connectivity index is 2.01. The molecule has 0 radical (unpaired) electrons. The smallest absolute Gasteiger partial charge is 0.257 e. The van der Waals surface area contributed by atoms with E-state index in [0.29, 0.717) is 0 Å². The van der Waals surface area contributed by atoms with Crippen molar-refractivity contribution in [1.29, 1.82) is 0 Å². The number of amides is 2. The lowest BCUT2D eigenvalue weighted by Crippen LogP contribution is -2.28. The quantitative estimate of drug-likeness (QED) is 0.402. The van der Waals surface area contributed by atoms with Gasteiger partial charge in [0.1, 0.15) is 22.5 Å². The molecule has 11 heteroatoms. The van der Waals surface area contributed by atoms with Crippen molar-refractivity contribution >= 4 is 34.0 Å². The van der Waals surface area contributed by atoms with Crippen LogP contribution in [0.15, 0.2) is 36.4 Å². The molecule has 1 atom stereocenters. The van der Waals surface area contributed by atoms with Gasteiger partial charge < -0.3 is 26.2 Å². The molecule has 34 heavy (non-hydrogen) atoms. The zero-order valence-electron chi connectivity index (χ0n) is 18.9. The minimum Gasteiger partial charge on any atom is -0.386 e. The maximum Gasteiger partial charge on any atom is 0.257 e. The van der Waals surface area contributed by atoms with Gasteiger partial charge in [-0.15, -0.1) is 11.3 Å². The molecule has 3 aromatic rings. The number of anilines is 2. The first-order valence-electron chi connectivity index (χ1n) is 10.1. The van der Waals surface area contributed by atoms with Crippen LogP contribution < -0.4 is 11.1 Å². The molecule has 0 aliphatic heterocycles. The van der Waals surface area contributed by atoms with Crippen molar-refractivity contribution in [2.24, 2.45) is 5.73 Å². The van der Waals surface area contributed by atoms with E-state index in [-0.39, 0.29) is 38.1 Å². The van der Waals surface area contributed by atoms with Crippen LogP contribution in [0.5, 0.6) is 0 Å². The summed E-state index contributed by atoms with van der Waals surface area (Å²) in [6, 6.07) is 7.85. The van der Waals surface area contributed by atoms with E-state index in [0.717, 1.165) is 23.5 Å². The average molecular weight is 491 g/mol. The third-order valence-corrected chi connectivity index (χ3v) is 6.03. The first kappa shape index (κ1) is 25.2. The van der Waals surface area contributed by atoms with Gasteiger partial charge in [-0.3, -0.25) is 9.59 Å². The highest BCUT2D eigenvalue weighted by Gasteiger charge is 2.25. The summed E-state index contributed by atoms with van der Waals surface area (Å²) in [5.74, 6) is -3.05. The predicted molar refractivity (Wildman–Crippen MR) is 125 cm³/mol. The number of carbonyl (C=O) groups excluding carboxylic acids is 2. The molecular formula is C23H24F2N4O4S. The lowest BCUT2D eigenvalue weighted by atomic mass is 9.96. The highest BCUT2D eigenvalue weighted by molar-refractivity contribution is 7.20. The third kappa shape index (κ3) is 5.22. The number of nitrogens with one attached hydrogen (secondary N) is 1. The minimum absolute atomic E-state index is 0.0255. The summed E-state index contributed by atoms with van der Waals surface area (Å²) in [4.78, 5) is 29.6. The average Bonchev–Trinajstić information content (AvgIpc) is 3.15. The molecule has 180 valence electrons. The maximum absolute atomic E-state index is 14.8. The second kappa shape index (κ2) is 9.45. The Bertz CT molecular complexity index is 1230. The van der Waals surface area contributed by atoms with E-state index in [2.05, 4.69) is 10.3 Å². The number of hydrogen-bond acceptors (Lipinski definition) is 7. The van der Waals surface area contributed by atoms with Crippen molar-refractivity contribution in [2.45, 2.75) is 25.6 Å². The molecule has 0 aliphatic carbocycles. The summed E-state index contributed by atoms with van der Waals surface area (Å²) < 4.78 is 29.6. The fourth-order valence-corrected chi connectivity index (χ4v) is 4.23. The summed E-state index contributed by atoms with van der Waals surface area (Å²) in [7, 11) is 2.98. The number of halogens is 2. The van der Waals surface area contributed by atoms with E-state index in [4.69, 9.17) is 5.73 Å². The Morgan fingerprint density at radius 2 is 1.79 bits per heavy atom. The Labute approximate surface area is 198 Å².